The molecule has 1 amide bonds. The number of pyridine rings is 1. The topological polar surface area (TPSA) is 97.4 Å². The molecular weight excluding hydrogens is 372 g/mol. The van der Waals surface area contributed by atoms with E-state index >= 15 is 0 Å². The minimum absolute atomic E-state index is 0.0932. The van der Waals surface area contributed by atoms with E-state index in [2.05, 4.69) is 4.98 Å². The largest absolute Gasteiger partial charge is 0.389 e. The van der Waals surface area contributed by atoms with Crippen LogP contribution in [0.2, 0.25) is 0 Å². The average molecular weight is 396 g/mol. The van der Waals surface area contributed by atoms with E-state index in [1.54, 1.807) is 13.8 Å². The summed E-state index contributed by atoms with van der Waals surface area (Å²) >= 11 is 0. The Morgan fingerprint density at radius 1 is 1.07 bits per heavy atom. The van der Waals surface area contributed by atoms with Crippen molar-refractivity contribution in [2.45, 2.75) is 26.0 Å². The van der Waals surface area contributed by atoms with Crippen molar-refractivity contribution in [1.82, 2.24) is 19.0 Å². The second-order valence-corrected chi connectivity index (χ2v) is 7.73. The molecule has 0 unspecified atom stereocenters. The number of fused-ring (bicyclic) bond motifs is 1. The third-order valence-electron chi connectivity index (χ3n) is 4.60. The van der Waals surface area contributed by atoms with E-state index in [1.807, 2.05) is 30.3 Å². The molecule has 0 aliphatic carbocycles. The fourth-order valence-electron chi connectivity index (χ4n) is 3.21. The lowest BCUT2D eigenvalue weighted by atomic mass is 10.1. The molecule has 2 heterocycles. The molecule has 0 bridgehead atoms. The van der Waals surface area contributed by atoms with Gasteiger partial charge in [-0.3, -0.25) is 18.7 Å². The minimum Gasteiger partial charge on any atom is -0.389 e. The monoisotopic (exact) mass is 396 g/mol. The molecule has 0 radical (unpaired) electrons. The number of aliphatic hydroxyl groups is 1. The van der Waals surface area contributed by atoms with Crippen LogP contribution in [0.5, 0.6) is 0 Å². The predicted octanol–water partition coefficient (Wildman–Crippen LogP) is 1.05. The molecule has 0 saturated carbocycles. The summed E-state index contributed by atoms with van der Waals surface area (Å²) in [5.74, 6) is -0.397. The molecule has 0 aliphatic heterocycles. The summed E-state index contributed by atoms with van der Waals surface area (Å²) in [5.41, 5.74) is -0.936. The maximum absolute atomic E-state index is 13.2. The van der Waals surface area contributed by atoms with Crippen molar-refractivity contribution < 1.29 is 9.90 Å². The second-order valence-electron chi connectivity index (χ2n) is 7.73. The third-order valence-corrected chi connectivity index (χ3v) is 4.60. The third kappa shape index (κ3) is 4.27. The molecule has 2 aromatic heterocycles. The summed E-state index contributed by atoms with van der Waals surface area (Å²) < 4.78 is 2.24. The maximum Gasteiger partial charge on any atom is 0.332 e. The first-order chi connectivity index (χ1) is 13.6. The Morgan fingerprint density at radius 3 is 2.34 bits per heavy atom. The second kappa shape index (κ2) is 7.63. The lowest BCUT2D eigenvalue weighted by Crippen LogP contribution is -2.42. The highest BCUT2D eigenvalue weighted by Gasteiger charge is 2.25. The molecule has 3 rings (SSSR count). The highest BCUT2D eigenvalue weighted by Crippen LogP contribution is 2.15. The number of amides is 1. The van der Waals surface area contributed by atoms with Crippen molar-refractivity contribution in [3.05, 3.63) is 74.6 Å². The van der Waals surface area contributed by atoms with E-state index in [-0.39, 0.29) is 23.3 Å². The quantitative estimate of drug-likeness (QED) is 0.695. The zero-order valence-corrected chi connectivity index (χ0v) is 16.9. The lowest BCUT2D eigenvalue weighted by molar-refractivity contribution is 0.0277. The maximum atomic E-state index is 13.2. The number of hydrogen-bond donors (Lipinski definition) is 1. The molecule has 8 nitrogen and oxygen atoms in total. The summed E-state index contributed by atoms with van der Waals surface area (Å²) in [6, 6.07) is 12.4. The van der Waals surface area contributed by atoms with Crippen molar-refractivity contribution >= 4 is 16.9 Å². The van der Waals surface area contributed by atoms with Gasteiger partial charge in [0.25, 0.3) is 11.5 Å². The Kier molecular flexibility index (Phi) is 5.39. The van der Waals surface area contributed by atoms with Crippen molar-refractivity contribution in [2.75, 3.05) is 6.54 Å². The van der Waals surface area contributed by atoms with Gasteiger partial charge in [-0.1, -0.05) is 30.3 Å². The summed E-state index contributed by atoms with van der Waals surface area (Å²) in [6.07, 6.45) is 0. The van der Waals surface area contributed by atoms with Crippen LogP contribution >= 0.6 is 0 Å². The molecule has 1 N–H and O–H groups in total. The zero-order chi connectivity index (χ0) is 21.3. The smallest absolute Gasteiger partial charge is 0.332 e. The highest BCUT2D eigenvalue weighted by atomic mass is 16.3. The van der Waals surface area contributed by atoms with E-state index in [0.29, 0.717) is 6.54 Å². The van der Waals surface area contributed by atoms with E-state index < -0.39 is 22.8 Å². The van der Waals surface area contributed by atoms with E-state index in [0.717, 1.165) is 10.1 Å². The predicted molar refractivity (Wildman–Crippen MR) is 110 cm³/mol. The van der Waals surface area contributed by atoms with E-state index in [9.17, 15) is 19.5 Å². The summed E-state index contributed by atoms with van der Waals surface area (Å²) in [5, 5.41) is 10.5. The van der Waals surface area contributed by atoms with E-state index in [4.69, 9.17) is 0 Å². The van der Waals surface area contributed by atoms with Crippen LogP contribution in [0.1, 0.15) is 29.9 Å². The molecule has 0 saturated heterocycles. The van der Waals surface area contributed by atoms with Crippen LogP contribution in [-0.2, 0) is 20.6 Å². The van der Waals surface area contributed by atoms with Crippen LogP contribution in [0.4, 0.5) is 0 Å². The molecule has 3 aromatic rings. The van der Waals surface area contributed by atoms with Gasteiger partial charge in [0, 0.05) is 27.2 Å². The van der Waals surface area contributed by atoms with Gasteiger partial charge in [0.05, 0.1) is 11.0 Å². The van der Waals surface area contributed by atoms with Crippen LogP contribution in [0.3, 0.4) is 0 Å². The lowest BCUT2D eigenvalue weighted by Gasteiger charge is -2.29. The molecule has 0 spiro atoms. The fraction of sp³-hybridized carbons (Fsp3) is 0.333. The van der Waals surface area contributed by atoms with Crippen LogP contribution in [0, 0.1) is 0 Å². The molecule has 152 valence electrons. The number of aromatic nitrogens is 3. The standard InChI is InChI=1S/C21H24N4O4/c1-21(2,29)13-25(12-14-8-6-5-7-9-14)19(27)16-11-10-15-17(22-16)23(3)20(28)24(4)18(15)26/h5-11,29H,12-13H2,1-4H3. The van der Waals surface area contributed by atoms with Crippen LogP contribution < -0.4 is 11.2 Å². The molecule has 0 atom stereocenters. The number of carbonyl (C=O) groups excluding carboxylic acids is 1. The molecule has 29 heavy (non-hydrogen) atoms. The van der Waals surface area contributed by atoms with Crippen molar-refractivity contribution in [1.29, 1.82) is 0 Å². The first-order valence-corrected chi connectivity index (χ1v) is 9.21. The Morgan fingerprint density at radius 2 is 1.72 bits per heavy atom. The zero-order valence-electron chi connectivity index (χ0n) is 16.9. The highest BCUT2D eigenvalue weighted by molar-refractivity contribution is 5.94. The summed E-state index contributed by atoms with van der Waals surface area (Å²) in [4.78, 5) is 43.5. The number of benzene rings is 1. The Bertz CT molecular complexity index is 1170. The van der Waals surface area contributed by atoms with Crippen LogP contribution in [-0.4, -0.2) is 42.2 Å². The number of hydrogen-bond acceptors (Lipinski definition) is 5. The van der Waals surface area contributed by atoms with E-state index in [1.165, 1.54) is 35.7 Å². The van der Waals surface area contributed by atoms with Gasteiger partial charge in [-0.25, -0.2) is 9.78 Å². The first kappa shape index (κ1) is 20.5. The fourth-order valence-corrected chi connectivity index (χ4v) is 3.21. The Balaban J connectivity index is 2.06. The molecule has 0 fully saturated rings. The van der Waals surface area contributed by atoms with Gasteiger partial charge >= 0.3 is 5.69 Å². The van der Waals surface area contributed by atoms with Gasteiger partial charge in [-0.2, -0.15) is 0 Å². The van der Waals surface area contributed by atoms with Gasteiger partial charge < -0.3 is 10.0 Å². The normalized spacial score (nSPS) is 11.6. The van der Waals surface area contributed by atoms with Gasteiger partial charge in [0.15, 0.2) is 0 Å². The van der Waals surface area contributed by atoms with Gasteiger partial charge in [0.1, 0.15) is 11.3 Å². The number of aryl methyl sites for hydroxylation is 1. The van der Waals surface area contributed by atoms with Gasteiger partial charge in [0.2, 0.25) is 0 Å². The number of nitrogens with zero attached hydrogens (tertiary/aromatic N) is 4. The summed E-state index contributed by atoms with van der Waals surface area (Å²) in [6.45, 7) is 3.63. The Labute approximate surface area is 167 Å². The molecule has 1 aromatic carbocycles. The SMILES string of the molecule is Cn1c(=O)c2ccc(C(=O)N(Cc3ccccc3)CC(C)(C)O)nc2n(C)c1=O. The van der Waals surface area contributed by atoms with Crippen LogP contribution in [0.15, 0.2) is 52.1 Å². The van der Waals surface area contributed by atoms with Crippen molar-refractivity contribution in [2.24, 2.45) is 14.1 Å². The molecule has 8 heteroatoms. The van der Waals surface area contributed by atoms with Crippen molar-refractivity contribution in [3.8, 4) is 0 Å². The molecule has 0 aliphatic rings. The summed E-state index contributed by atoms with van der Waals surface area (Å²) in [7, 11) is 2.90. The van der Waals surface area contributed by atoms with Gasteiger partial charge in [-0.15, -0.1) is 0 Å². The van der Waals surface area contributed by atoms with Gasteiger partial charge in [-0.05, 0) is 31.5 Å². The number of carbonyl (C=O) groups is 1. The average Bonchev–Trinajstić information content (AvgIpc) is 2.69. The van der Waals surface area contributed by atoms with Crippen molar-refractivity contribution in [3.63, 3.8) is 0 Å². The Hall–Kier alpha value is -3.26. The molecular formula is C21H24N4O4. The minimum atomic E-state index is -1.11. The number of rotatable bonds is 5. The van der Waals surface area contributed by atoms with Crippen LogP contribution in [0.25, 0.3) is 11.0 Å². The first-order valence-electron chi connectivity index (χ1n) is 9.21.